The van der Waals surface area contributed by atoms with Gasteiger partial charge in [-0.2, -0.15) is 0 Å². The molecule has 0 aliphatic carbocycles. The van der Waals surface area contributed by atoms with Crippen molar-refractivity contribution in [2.24, 2.45) is 0 Å². The number of piperazine rings is 1. The van der Waals surface area contributed by atoms with Crippen molar-refractivity contribution in [3.8, 4) is 5.75 Å². The molecule has 7 heteroatoms. The van der Waals surface area contributed by atoms with Crippen LogP contribution in [0.2, 0.25) is 5.02 Å². The van der Waals surface area contributed by atoms with E-state index < -0.39 is 17.7 Å². The maximum atomic E-state index is 12.4. The molecule has 1 fully saturated rings. The van der Waals surface area contributed by atoms with Gasteiger partial charge in [-0.3, -0.25) is 9.69 Å². The molecule has 0 saturated carbocycles. The van der Waals surface area contributed by atoms with Gasteiger partial charge in [0.05, 0.1) is 12.1 Å². The quantitative estimate of drug-likeness (QED) is 0.818. The Hall–Kier alpha value is -1.95. The van der Waals surface area contributed by atoms with Crippen molar-refractivity contribution in [1.29, 1.82) is 0 Å². The number of nitrogens with zero attached hydrogens (tertiary/aromatic N) is 2. The standard InChI is InChI=1S/C18H25ClN2O4/c1-12(22)15-11-20(13-6-7-14(19)16(10-13)24-5)8-9-21(15)17(23)25-18(2,3)4/h6-7,10,15H,8-9,11H2,1-5H3/t15-/m0/s1. The molecule has 0 aromatic heterocycles. The first-order chi connectivity index (χ1) is 11.6. The number of ether oxygens (including phenoxy) is 2. The van der Waals surface area contributed by atoms with Crippen LogP contribution in [0, 0.1) is 0 Å². The molecule has 1 atom stereocenters. The Morgan fingerprint density at radius 2 is 1.92 bits per heavy atom. The minimum Gasteiger partial charge on any atom is -0.495 e. The minimum absolute atomic E-state index is 0.0727. The molecule has 1 aliphatic rings. The molecule has 0 unspecified atom stereocenters. The summed E-state index contributed by atoms with van der Waals surface area (Å²) >= 11 is 6.07. The number of Topliss-reactive ketones (excluding diaryl/α,β-unsaturated/α-hetero) is 1. The first-order valence-electron chi connectivity index (χ1n) is 8.21. The average molecular weight is 369 g/mol. The lowest BCUT2D eigenvalue weighted by atomic mass is 10.1. The number of benzene rings is 1. The Bertz CT molecular complexity index is 657. The van der Waals surface area contributed by atoms with Gasteiger partial charge in [0.2, 0.25) is 0 Å². The van der Waals surface area contributed by atoms with Crippen LogP contribution in [0.4, 0.5) is 10.5 Å². The van der Waals surface area contributed by atoms with Gasteiger partial charge in [-0.25, -0.2) is 4.79 Å². The van der Waals surface area contributed by atoms with Crippen molar-refractivity contribution in [2.45, 2.75) is 39.3 Å². The summed E-state index contributed by atoms with van der Waals surface area (Å²) in [6, 6.07) is 4.93. The smallest absolute Gasteiger partial charge is 0.411 e. The molecule has 1 amide bonds. The number of hydrogen-bond acceptors (Lipinski definition) is 5. The number of anilines is 1. The summed E-state index contributed by atoms with van der Waals surface area (Å²) in [7, 11) is 1.56. The fourth-order valence-electron chi connectivity index (χ4n) is 2.75. The van der Waals surface area contributed by atoms with E-state index >= 15 is 0 Å². The van der Waals surface area contributed by atoms with Crippen molar-refractivity contribution in [1.82, 2.24) is 4.90 Å². The fraction of sp³-hybridized carbons (Fsp3) is 0.556. The number of carbonyl (C=O) groups excluding carboxylic acids is 2. The number of rotatable bonds is 3. The SMILES string of the molecule is COc1cc(N2CCN(C(=O)OC(C)(C)C)[C@H](C(C)=O)C2)ccc1Cl. The fourth-order valence-corrected chi connectivity index (χ4v) is 2.94. The van der Waals surface area contributed by atoms with Crippen LogP contribution in [0.25, 0.3) is 0 Å². The van der Waals surface area contributed by atoms with Crippen LogP contribution < -0.4 is 9.64 Å². The van der Waals surface area contributed by atoms with Gasteiger partial charge in [0.25, 0.3) is 0 Å². The number of ketones is 1. The maximum Gasteiger partial charge on any atom is 0.411 e. The van der Waals surface area contributed by atoms with E-state index in [1.165, 1.54) is 11.8 Å². The minimum atomic E-state index is -0.598. The van der Waals surface area contributed by atoms with E-state index in [1.54, 1.807) is 13.2 Å². The van der Waals surface area contributed by atoms with E-state index in [1.807, 2.05) is 37.8 Å². The predicted octanol–water partition coefficient (Wildman–Crippen LogP) is 3.36. The van der Waals surface area contributed by atoms with E-state index in [9.17, 15) is 9.59 Å². The van der Waals surface area contributed by atoms with Crippen molar-refractivity contribution < 1.29 is 19.1 Å². The number of amides is 1. The second-order valence-corrected chi connectivity index (χ2v) is 7.47. The summed E-state index contributed by atoms with van der Waals surface area (Å²) in [5.41, 5.74) is 0.301. The highest BCUT2D eigenvalue weighted by Crippen LogP contribution is 2.30. The Balaban J connectivity index is 2.18. The topological polar surface area (TPSA) is 59.1 Å². The molecule has 1 saturated heterocycles. The maximum absolute atomic E-state index is 12.4. The van der Waals surface area contributed by atoms with Gasteiger partial charge in [-0.1, -0.05) is 11.6 Å². The van der Waals surface area contributed by atoms with Gasteiger partial charge in [0.15, 0.2) is 5.78 Å². The second-order valence-electron chi connectivity index (χ2n) is 7.07. The molecule has 0 bridgehead atoms. The number of carbonyl (C=O) groups is 2. The zero-order chi connectivity index (χ0) is 18.8. The molecular formula is C18H25ClN2O4. The van der Waals surface area contributed by atoms with E-state index in [2.05, 4.69) is 0 Å². The summed E-state index contributed by atoms with van der Waals surface area (Å²) < 4.78 is 10.7. The first kappa shape index (κ1) is 19.4. The Morgan fingerprint density at radius 1 is 1.24 bits per heavy atom. The third-order valence-corrected chi connectivity index (χ3v) is 4.29. The van der Waals surface area contributed by atoms with Gasteiger partial charge in [0, 0.05) is 31.4 Å². The molecule has 6 nitrogen and oxygen atoms in total. The van der Waals surface area contributed by atoms with Gasteiger partial charge in [0.1, 0.15) is 17.4 Å². The molecule has 138 valence electrons. The van der Waals surface area contributed by atoms with Crippen LogP contribution in [-0.2, 0) is 9.53 Å². The van der Waals surface area contributed by atoms with Crippen molar-refractivity contribution in [2.75, 3.05) is 31.6 Å². The van der Waals surface area contributed by atoms with Crippen LogP contribution in [-0.4, -0.2) is 55.2 Å². The summed E-state index contributed by atoms with van der Waals surface area (Å²) in [6.07, 6.45) is -0.457. The monoisotopic (exact) mass is 368 g/mol. The van der Waals surface area contributed by atoms with E-state index in [-0.39, 0.29) is 5.78 Å². The lowest BCUT2D eigenvalue weighted by Gasteiger charge is -2.41. The molecule has 0 radical (unpaired) electrons. The predicted molar refractivity (Wildman–Crippen MR) is 97.6 cm³/mol. The lowest BCUT2D eigenvalue weighted by Crippen LogP contribution is -2.58. The molecule has 0 N–H and O–H groups in total. The third-order valence-electron chi connectivity index (χ3n) is 3.98. The zero-order valence-electron chi connectivity index (χ0n) is 15.3. The van der Waals surface area contributed by atoms with Crippen LogP contribution in [0.15, 0.2) is 18.2 Å². The molecule has 0 spiro atoms. The number of methoxy groups -OCH3 is 1. The van der Waals surface area contributed by atoms with Gasteiger partial charge in [-0.05, 0) is 39.8 Å². The van der Waals surface area contributed by atoms with Gasteiger partial charge >= 0.3 is 6.09 Å². The Morgan fingerprint density at radius 3 is 2.48 bits per heavy atom. The molecule has 1 aliphatic heterocycles. The van der Waals surface area contributed by atoms with E-state index in [4.69, 9.17) is 21.1 Å². The highest BCUT2D eigenvalue weighted by atomic mass is 35.5. The van der Waals surface area contributed by atoms with Crippen molar-refractivity contribution in [3.05, 3.63) is 23.2 Å². The lowest BCUT2D eigenvalue weighted by molar-refractivity contribution is -0.122. The van der Waals surface area contributed by atoms with Crippen LogP contribution in [0.3, 0.4) is 0 Å². The van der Waals surface area contributed by atoms with Crippen molar-refractivity contribution in [3.63, 3.8) is 0 Å². The summed E-state index contributed by atoms with van der Waals surface area (Å²) in [4.78, 5) is 28.1. The van der Waals surface area contributed by atoms with E-state index in [0.717, 1.165) is 5.69 Å². The normalized spacial score (nSPS) is 18.1. The molecule has 1 aromatic rings. The number of halogens is 1. The van der Waals surface area contributed by atoms with Gasteiger partial charge < -0.3 is 14.4 Å². The highest BCUT2D eigenvalue weighted by molar-refractivity contribution is 6.32. The Kier molecular flexibility index (Phi) is 5.83. The molecule has 2 rings (SSSR count). The molecular weight excluding hydrogens is 344 g/mol. The summed E-state index contributed by atoms with van der Waals surface area (Å²) in [6.45, 7) is 8.32. The summed E-state index contributed by atoms with van der Waals surface area (Å²) in [5.74, 6) is 0.504. The first-order valence-corrected chi connectivity index (χ1v) is 8.58. The largest absolute Gasteiger partial charge is 0.495 e. The summed E-state index contributed by atoms with van der Waals surface area (Å²) in [5, 5.41) is 0.529. The second kappa shape index (κ2) is 7.52. The van der Waals surface area contributed by atoms with Crippen LogP contribution >= 0.6 is 11.6 Å². The zero-order valence-corrected chi connectivity index (χ0v) is 16.1. The van der Waals surface area contributed by atoms with Crippen LogP contribution in [0.5, 0.6) is 5.75 Å². The number of hydrogen-bond donors (Lipinski definition) is 0. The average Bonchev–Trinajstić information content (AvgIpc) is 2.53. The van der Waals surface area contributed by atoms with Gasteiger partial charge in [-0.15, -0.1) is 0 Å². The van der Waals surface area contributed by atoms with E-state index in [0.29, 0.717) is 30.4 Å². The molecule has 1 heterocycles. The molecule has 1 aromatic carbocycles. The van der Waals surface area contributed by atoms with Crippen LogP contribution in [0.1, 0.15) is 27.7 Å². The Labute approximate surface area is 153 Å². The third kappa shape index (κ3) is 4.78. The highest BCUT2D eigenvalue weighted by Gasteiger charge is 2.36. The molecule has 25 heavy (non-hydrogen) atoms. The van der Waals surface area contributed by atoms with Crippen molar-refractivity contribution >= 4 is 29.2 Å².